The minimum atomic E-state index is -0.529. The Hall–Kier alpha value is -2.54. The summed E-state index contributed by atoms with van der Waals surface area (Å²) in [6, 6.07) is 7.29. The summed E-state index contributed by atoms with van der Waals surface area (Å²) in [7, 11) is 1.60. The number of methoxy groups -OCH3 is 1. The Labute approximate surface area is 154 Å². The maximum atomic E-state index is 11.6. The van der Waals surface area contributed by atoms with Crippen LogP contribution in [0.2, 0.25) is 0 Å². The molecular formula is C19H27NO6. The van der Waals surface area contributed by atoms with Crippen LogP contribution in [0.5, 0.6) is 5.75 Å². The van der Waals surface area contributed by atoms with Gasteiger partial charge in [-0.15, -0.1) is 0 Å². The number of ether oxygens (including phenoxy) is 4. The zero-order chi connectivity index (χ0) is 19.4. The first kappa shape index (κ1) is 21.5. The summed E-state index contributed by atoms with van der Waals surface area (Å²) in [5.74, 6) is 0.305. The molecule has 1 aromatic carbocycles. The van der Waals surface area contributed by atoms with Crippen molar-refractivity contribution in [3.63, 3.8) is 0 Å². The molecular weight excluding hydrogens is 338 g/mol. The minimum absolute atomic E-state index is 0.137. The number of alkyl carbamates (subject to hydrolysis) is 1. The van der Waals surface area contributed by atoms with Gasteiger partial charge in [-0.05, 0) is 44.5 Å². The molecule has 7 heteroatoms. The zero-order valence-electron chi connectivity index (χ0n) is 15.7. The van der Waals surface area contributed by atoms with Crippen LogP contribution in [0.4, 0.5) is 4.79 Å². The summed E-state index contributed by atoms with van der Waals surface area (Å²) < 4.78 is 20.4. The van der Waals surface area contributed by atoms with E-state index in [0.717, 1.165) is 11.3 Å². The van der Waals surface area contributed by atoms with Crippen molar-refractivity contribution < 1.29 is 28.5 Å². The van der Waals surface area contributed by atoms with Gasteiger partial charge in [0.2, 0.25) is 0 Å². The highest BCUT2D eigenvalue weighted by atomic mass is 16.6. The highest BCUT2D eigenvalue weighted by Gasteiger charge is 2.15. The summed E-state index contributed by atoms with van der Waals surface area (Å²) in [5.41, 5.74) is 0.339. The monoisotopic (exact) mass is 365 g/mol. The summed E-state index contributed by atoms with van der Waals surface area (Å²) in [6.07, 6.45) is 2.52. The van der Waals surface area contributed by atoms with Crippen LogP contribution in [-0.2, 0) is 19.0 Å². The van der Waals surface area contributed by atoms with E-state index in [9.17, 15) is 9.59 Å². The summed E-state index contributed by atoms with van der Waals surface area (Å²) >= 11 is 0. The highest BCUT2D eigenvalue weighted by molar-refractivity contribution is 5.87. The molecule has 0 aliphatic heterocycles. The molecule has 0 bridgehead atoms. The third kappa shape index (κ3) is 10.4. The van der Waals surface area contributed by atoms with Gasteiger partial charge in [-0.3, -0.25) is 0 Å². The maximum Gasteiger partial charge on any atom is 0.407 e. The van der Waals surface area contributed by atoms with Crippen LogP contribution in [0.15, 0.2) is 30.3 Å². The van der Waals surface area contributed by atoms with Crippen LogP contribution in [0, 0.1) is 0 Å². The largest absolute Gasteiger partial charge is 0.497 e. The first-order valence-corrected chi connectivity index (χ1v) is 8.33. The van der Waals surface area contributed by atoms with E-state index in [1.807, 2.05) is 24.3 Å². The molecule has 0 aromatic heterocycles. The Morgan fingerprint density at radius 1 is 1.08 bits per heavy atom. The normalized spacial score (nSPS) is 11.2. The molecule has 0 saturated carbocycles. The fourth-order valence-electron chi connectivity index (χ4n) is 1.77. The molecule has 0 aliphatic carbocycles. The Morgan fingerprint density at radius 3 is 2.38 bits per heavy atom. The van der Waals surface area contributed by atoms with Crippen molar-refractivity contribution in [1.82, 2.24) is 5.32 Å². The molecule has 0 atom stereocenters. The Balaban J connectivity index is 2.09. The molecule has 26 heavy (non-hydrogen) atoms. The first-order valence-electron chi connectivity index (χ1n) is 8.33. The highest BCUT2D eigenvalue weighted by Crippen LogP contribution is 2.12. The fourth-order valence-corrected chi connectivity index (χ4v) is 1.77. The molecule has 0 unspecified atom stereocenters. The van der Waals surface area contributed by atoms with Crippen LogP contribution in [-0.4, -0.2) is 51.1 Å². The van der Waals surface area contributed by atoms with E-state index in [-0.39, 0.29) is 13.2 Å². The summed E-state index contributed by atoms with van der Waals surface area (Å²) in [4.78, 5) is 23.0. The second-order valence-corrected chi connectivity index (χ2v) is 6.32. The standard InChI is InChI=1S/C19H27NO6/c1-19(2,3)26-18(22)20-11-12-24-13-14-25-17(21)10-7-15-5-8-16(23-4)9-6-15/h5-10H,11-14H2,1-4H3,(H,20,22)/b10-7+. The van der Waals surface area contributed by atoms with Gasteiger partial charge in [-0.25, -0.2) is 9.59 Å². The van der Waals surface area contributed by atoms with Crippen LogP contribution >= 0.6 is 0 Å². The second-order valence-electron chi connectivity index (χ2n) is 6.32. The lowest BCUT2D eigenvalue weighted by Crippen LogP contribution is -2.34. The number of carbonyl (C=O) groups is 2. The van der Waals surface area contributed by atoms with Crippen molar-refractivity contribution in [1.29, 1.82) is 0 Å². The molecule has 1 aromatic rings. The van der Waals surface area contributed by atoms with Gasteiger partial charge in [0, 0.05) is 12.6 Å². The average molecular weight is 365 g/mol. The van der Waals surface area contributed by atoms with E-state index < -0.39 is 17.7 Å². The van der Waals surface area contributed by atoms with E-state index in [4.69, 9.17) is 18.9 Å². The van der Waals surface area contributed by atoms with E-state index in [2.05, 4.69) is 5.32 Å². The summed E-state index contributed by atoms with van der Waals surface area (Å²) in [5, 5.41) is 2.57. The summed E-state index contributed by atoms with van der Waals surface area (Å²) in [6.45, 7) is 6.39. The van der Waals surface area contributed by atoms with Crippen LogP contribution in [0.3, 0.4) is 0 Å². The molecule has 1 rings (SSSR count). The van der Waals surface area contributed by atoms with Gasteiger partial charge < -0.3 is 24.3 Å². The number of nitrogens with one attached hydrogen (secondary N) is 1. The SMILES string of the molecule is COc1ccc(/C=C/C(=O)OCCOCCNC(=O)OC(C)(C)C)cc1. The third-order valence-electron chi connectivity index (χ3n) is 2.91. The van der Waals surface area contributed by atoms with Gasteiger partial charge in [-0.1, -0.05) is 12.1 Å². The van der Waals surface area contributed by atoms with E-state index >= 15 is 0 Å². The minimum Gasteiger partial charge on any atom is -0.497 e. The maximum absolute atomic E-state index is 11.6. The van der Waals surface area contributed by atoms with Crippen molar-refractivity contribution >= 4 is 18.1 Å². The fraction of sp³-hybridized carbons (Fsp3) is 0.474. The lowest BCUT2D eigenvalue weighted by Gasteiger charge is -2.19. The van der Waals surface area contributed by atoms with Gasteiger partial charge in [0.05, 0.1) is 20.3 Å². The lowest BCUT2D eigenvalue weighted by molar-refractivity contribution is -0.139. The Bertz CT molecular complexity index is 589. The molecule has 0 heterocycles. The van der Waals surface area contributed by atoms with E-state index in [1.165, 1.54) is 6.08 Å². The van der Waals surface area contributed by atoms with Crippen LogP contribution in [0.25, 0.3) is 6.08 Å². The molecule has 1 N–H and O–H groups in total. The van der Waals surface area contributed by atoms with Gasteiger partial charge in [-0.2, -0.15) is 0 Å². The number of hydrogen-bond donors (Lipinski definition) is 1. The second kappa shape index (κ2) is 11.1. The molecule has 7 nitrogen and oxygen atoms in total. The molecule has 0 saturated heterocycles. The number of rotatable bonds is 9. The topological polar surface area (TPSA) is 83.1 Å². The average Bonchev–Trinajstić information content (AvgIpc) is 2.58. The molecule has 0 spiro atoms. The van der Waals surface area contributed by atoms with Crippen LogP contribution < -0.4 is 10.1 Å². The quantitative estimate of drug-likeness (QED) is 0.412. The van der Waals surface area contributed by atoms with Crippen molar-refractivity contribution in [2.24, 2.45) is 0 Å². The van der Waals surface area contributed by atoms with Crippen molar-refractivity contribution in [2.45, 2.75) is 26.4 Å². The molecule has 1 amide bonds. The smallest absolute Gasteiger partial charge is 0.407 e. The van der Waals surface area contributed by atoms with Gasteiger partial charge in [0.25, 0.3) is 0 Å². The molecule has 0 fully saturated rings. The number of benzene rings is 1. The van der Waals surface area contributed by atoms with Gasteiger partial charge >= 0.3 is 12.1 Å². The molecule has 144 valence electrons. The predicted octanol–water partition coefficient (Wildman–Crippen LogP) is 2.79. The number of esters is 1. The van der Waals surface area contributed by atoms with Gasteiger partial charge in [0.15, 0.2) is 0 Å². The van der Waals surface area contributed by atoms with E-state index in [1.54, 1.807) is 34.0 Å². The lowest BCUT2D eigenvalue weighted by atomic mass is 10.2. The van der Waals surface area contributed by atoms with Crippen molar-refractivity contribution in [3.05, 3.63) is 35.9 Å². The molecule has 0 aliphatic rings. The Kier molecular flexibility index (Phi) is 9.22. The predicted molar refractivity (Wildman–Crippen MR) is 98.0 cm³/mol. The first-order chi connectivity index (χ1) is 12.3. The van der Waals surface area contributed by atoms with Crippen LogP contribution in [0.1, 0.15) is 26.3 Å². The Morgan fingerprint density at radius 2 is 1.77 bits per heavy atom. The third-order valence-corrected chi connectivity index (χ3v) is 2.91. The van der Waals surface area contributed by atoms with Crippen molar-refractivity contribution in [2.75, 3.05) is 33.5 Å². The van der Waals surface area contributed by atoms with E-state index in [0.29, 0.717) is 13.2 Å². The molecule has 0 radical (unpaired) electrons. The van der Waals surface area contributed by atoms with Gasteiger partial charge in [0.1, 0.15) is 18.0 Å². The number of amides is 1. The number of carbonyl (C=O) groups excluding carboxylic acids is 2. The zero-order valence-corrected chi connectivity index (χ0v) is 15.7. The number of hydrogen-bond acceptors (Lipinski definition) is 6. The van der Waals surface area contributed by atoms with Crippen molar-refractivity contribution in [3.8, 4) is 5.75 Å².